The number of carboxylic acids is 1. The molecule has 2 saturated carbocycles. The number of carboxylic acid groups (broad SMARTS) is 1. The molecule has 0 bridgehead atoms. The maximum Gasteiger partial charge on any atom is 0.329 e. The molecule has 2 rings (SSSR count). The molecule has 2 aliphatic rings. The van der Waals surface area contributed by atoms with Crippen molar-refractivity contribution < 1.29 is 19.7 Å². The smallest absolute Gasteiger partial charge is 0.329 e. The maximum atomic E-state index is 10.5. The Morgan fingerprint density at radius 1 is 1.00 bits per heavy atom. The number of hydrogen-bond donors (Lipinski definition) is 2. The monoisotopic (exact) mass is 299 g/mol. The lowest BCUT2D eigenvalue weighted by Crippen LogP contribution is -2.52. The second-order valence-corrected chi connectivity index (χ2v) is 6.42. The van der Waals surface area contributed by atoms with Gasteiger partial charge in [0.25, 0.3) is 0 Å². The topological polar surface area (TPSA) is 70.0 Å². The van der Waals surface area contributed by atoms with Crippen LogP contribution in [0.1, 0.15) is 64.2 Å². The van der Waals surface area contributed by atoms with Gasteiger partial charge in [0.1, 0.15) is 12.8 Å². The third-order valence-electron chi connectivity index (χ3n) is 4.83. The van der Waals surface area contributed by atoms with Crippen LogP contribution < -0.4 is 0 Å². The summed E-state index contributed by atoms with van der Waals surface area (Å²) in [5.41, 5.74) is 0. The van der Waals surface area contributed by atoms with Crippen molar-refractivity contribution in [1.82, 2.24) is 4.90 Å². The normalized spacial score (nSPS) is 23.3. The predicted molar refractivity (Wildman–Crippen MR) is 80.0 cm³/mol. The highest BCUT2D eigenvalue weighted by Crippen LogP contribution is 2.31. The van der Waals surface area contributed by atoms with Crippen molar-refractivity contribution >= 4 is 5.97 Å². The lowest BCUT2D eigenvalue weighted by Gasteiger charge is -2.44. The summed E-state index contributed by atoms with van der Waals surface area (Å²) in [4.78, 5) is 12.8. The molecule has 0 heterocycles. The average molecular weight is 299 g/mol. The van der Waals surface area contributed by atoms with Crippen LogP contribution >= 0.6 is 0 Å². The van der Waals surface area contributed by atoms with Crippen LogP contribution in [0.2, 0.25) is 0 Å². The lowest BCUT2D eigenvalue weighted by molar-refractivity contribution is -0.148. The minimum atomic E-state index is -0.982. The molecule has 2 aliphatic carbocycles. The molecule has 0 spiro atoms. The summed E-state index contributed by atoms with van der Waals surface area (Å²) >= 11 is 0. The van der Waals surface area contributed by atoms with Crippen molar-refractivity contribution in [2.45, 2.75) is 82.5 Å². The molecule has 0 aromatic carbocycles. The van der Waals surface area contributed by atoms with E-state index in [0.29, 0.717) is 12.1 Å². The number of hydrogen-bond acceptors (Lipinski definition) is 4. The molecule has 21 heavy (non-hydrogen) atoms. The van der Waals surface area contributed by atoms with Gasteiger partial charge in [0.2, 0.25) is 0 Å². The first-order valence-electron chi connectivity index (χ1n) is 8.43. The van der Waals surface area contributed by atoms with Gasteiger partial charge in [-0.15, -0.1) is 0 Å². The summed E-state index contributed by atoms with van der Waals surface area (Å²) in [7, 11) is 0. The van der Waals surface area contributed by atoms with Gasteiger partial charge < -0.3 is 14.9 Å². The Bertz CT molecular complexity index is 293. The van der Waals surface area contributed by atoms with E-state index in [1.54, 1.807) is 0 Å². The SMILES string of the molecule is O=C(O)COCC(O)N(C1CCCCC1)C1CCCCC1. The molecule has 1 unspecified atom stereocenters. The predicted octanol–water partition coefficient (Wildman–Crippen LogP) is 2.37. The standard InChI is InChI=1S/C16H29NO4/c18-15(11-21-12-16(19)20)17(13-7-3-1-4-8-13)14-9-5-2-6-10-14/h13-15,18H,1-12H2,(H,19,20). The first kappa shape index (κ1) is 16.7. The fourth-order valence-electron chi connectivity index (χ4n) is 3.88. The first-order chi connectivity index (χ1) is 10.2. The minimum Gasteiger partial charge on any atom is -0.480 e. The van der Waals surface area contributed by atoms with Crippen LogP contribution in [0.25, 0.3) is 0 Å². The molecule has 0 aromatic rings. The van der Waals surface area contributed by atoms with Gasteiger partial charge in [0.15, 0.2) is 0 Å². The van der Waals surface area contributed by atoms with E-state index in [2.05, 4.69) is 4.90 Å². The van der Waals surface area contributed by atoms with Crippen molar-refractivity contribution in [2.75, 3.05) is 13.2 Å². The minimum absolute atomic E-state index is 0.0965. The lowest BCUT2D eigenvalue weighted by atomic mass is 9.88. The molecule has 5 heteroatoms. The maximum absolute atomic E-state index is 10.5. The zero-order valence-corrected chi connectivity index (χ0v) is 12.9. The molecule has 0 aliphatic heterocycles. The van der Waals surface area contributed by atoms with Crippen molar-refractivity contribution in [1.29, 1.82) is 0 Å². The van der Waals surface area contributed by atoms with Crippen molar-refractivity contribution in [3.8, 4) is 0 Å². The van der Waals surface area contributed by atoms with E-state index < -0.39 is 12.2 Å². The molecule has 122 valence electrons. The van der Waals surface area contributed by atoms with E-state index in [1.165, 1.54) is 38.5 Å². The van der Waals surface area contributed by atoms with Gasteiger partial charge >= 0.3 is 5.97 Å². The zero-order valence-electron chi connectivity index (χ0n) is 12.9. The van der Waals surface area contributed by atoms with Gasteiger partial charge in [-0.25, -0.2) is 4.79 Å². The van der Waals surface area contributed by atoms with E-state index in [9.17, 15) is 9.90 Å². The molecule has 0 radical (unpaired) electrons. The van der Waals surface area contributed by atoms with E-state index >= 15 is 0 Å². The van der Waals surface area contributed by atoms with Gasteiger partial charge in [-0.3, -0.25) is 4.90 Å². The zero-order chi connectivity index (χ0) is 15.1. The van der Waals surface area contributed by atoms with E-state index in [4.69, 9.17) is 9.84 Å². The summed E-state index contributed by atoms with van der Waals surface area (Å²) in [6.45, 7) is -0.237. The van der Waals surface area contributed by atoms with Crippen molar-refractivity contribution in [3.63, 3.8) is 0 Å². The summed E-state index contributed by atoms with van der Waals surface area (Å²) in [6, 6.07) is 0.871. The van der Waals surface area contributed by atoms with Crippen LogP contribution in [0.15, 0.2) is 0 Å². The van der Waals surface area contributed by atoms with Crippen LogP contribution in [0.5, 0.6) is 0 Å². The number of carbonyl (C=O) groups is 1. The summed E-state index contributed by atoms with van der Waals surface area (Å²) in [5, 5.41) is 19.2. The van der Waals surface area contributed by atoms with Gasteiger partial charge in [0, 0.05) is 12.1 Å². The molecular formula is C16H29NO4. The molecule has 5 nitrogen and oxygen atoms in total. The Morgan fingerprint density at radius 2 is 1.48 bits per heavy atom. The van der Waals surface area contributed by atoms with Crippen LogP contribution in [-0.4, -0.2) is 52.6 Å². The number of ether oxygens (including phenoxy) is 1. The third-order valence-corrected chi connectivity index (χ3v) is 4.83. The largest absolute Gasteiger partial charge is 0.480 e. The fraction of sp³-hybridized carbons (Fsp3) is 0.938. The van der Waals surface area contributed by atoms with Crippen molar-refractivity contribution in [2.24, 2.45) is 0 Å². The van der Waals surface area contributed by atoms with Gasteiger partial charge in [-0.2, -0.15) is 0 Å². The Morgan fingerprint density at radius 3 is 1.90 bits per heavy atom. The van der Waals surface area contributed by atoms with E-state index in [0.717, 1.165) is 25.7 Å². The second kappa shape index (κ2) is 8.71. The Hall–Kier alpha value is -0.650. The summed E-state index contributed by atoms with van der Waals surface area (Å²) in [5.74, 6) is -0.982. The fourth-order valence-corrected chi connectivity index (χ4v) is 3.88. The molecular weight excluding hydrogens is 270 g/mol. The molecule has 1 atom stereocenters. The summed E-state index contributed by atoms with van der Waals surface area (Å²) in [6.07, 6.45) is 11.4. The van der Waals surface area contributed by atoms with Gasteiger partial charge in [-0.05, 0) is 25.7 Å². The highest BCUT2D eigenvalue weighted by atomic mass is 16.5. The van der Waals surface area contributed by atoms with Crippen LogP contribution in [0, 0.1) is 0 Å². The highest BCUT2D eigenvalue weighted by molar-refractivity contribution is 5.67. The Balaban J connectivity index is 1.93. The highest BCUT2D eigenvalue weighted by Gasteiger charge is 2.33. The van der Waals surface area contributed by atoms with Crippen LogP contribution in [0.4, 0.5) is 0 Å². The molecule has 0 aromatic heterocycles. The molecule has 2 fully saturated rings. The van der Waals surface area contributed by atoms with Gasteiger partial charge in [0.05, 0.1) is 6.61 Å². The number of aliphatic hydroxyl groups excluding tert-OH is 1. The van der Waals surface area contributed by atoms with E-state index in [1.807, 2.05) is 0 Å². The second-order valence-electron chi connectivity index (χ2n) is 6.42. The molecule has 0 amide bonds. The first-order valence-corrected chi connectivity index (χ1v) is 8.43. The quantitative estimate of drug-likeness (QED) is 0.706. The van der Waals surface area contributed by atoms with Crippen LogP contribution in [-0.2, 0) is 9.53 Å². The number of aliphatic carboxylic acids is 1. The molecule has 2 N–H and O–H groups in total. The van der Waals surface area contributed by atoms with E-state index in [-0.39, 0.29) is 13.2 Å². The third kappa shape index (κ3) is 5.24. The van der Waals surface area contributed by atoms with Crippen LogP contribution in [0.3, 0.4) is 0 Å². The number of nitrogens with zero attached hydrogens (tertiary/aromatic N) is 1. The summed E-state index contributed by atoms with van der Waals surface area (Å²) < 4.78 is 5.13. The number of rotatable bonds is 7. The van der Waals surface area contributed by atoms with Crippen molar-refractivity contribution in [3.05, 3.63) is 0 Å². The number of aliphatic hydroxyl groups is 1. The Labute approximate surface area is 127 Å². The molecule has 0 saturated heterocycles. The average Bonchev–Trinajstić information content (AvgIpc) is 2.49. The van der Waals surface area contributed by atoms with Gasteiger partial charge in [-0.1, -0.05) is 38.5 Å². The Kier molecular flexibility index (Phi) is 6.93.